The second kappa shape index (κ2) is 8.73. The van der Waals surface area contributed by atoms with Gasteiger partial charge in [-0.3, -0.25) is 14.5 Å². The van der Waals surface area contributed by atoms with E-state index in [0.29, 0.717) is 24.4 Å². The van der Waals surface area contributed by atoms with Crippen molar-refractivity contribution in [2.75, 3.05) is 39.8 Å². The van der Waals surface area contributed by atoms with Crippen molar-refractivity contribution in [3.63, 3.8) is 0 Å². The lowest BCUT2D eigenvalue weighted by atomic mass is 9.79. The lowest BCUT2D eigenvalue weighted by Gasteiger charge is -2.46. The first-order chi connectivity index (χ1) is 14.7. The number of aliphatic hydroxyl groups excluding tert-OH is 1. The van der Waals surface area contributed by atoms with Gasteiger partial charge in [-0.2, -0.15) is 0 Å². The SMILES string of the molecule is CC(O)C1C(=O)N2C(C(=O)O)=C(SC3CC(C(=O)N4CCCNCC4)N(C)C3)C(C)[C@@H]12. The van der Waals surface area contributed by atoms with Crippen molar-refractivity contribution in [2.45, 2.75) is 50.1 Å². The molecule has 6 atom stereocenters. The van der Waals surface area contributed by atoms with Crippen molar-refractivity contribution in [3.05, 3.63) is 10.6 Å². The molecule has 10 heteroatoms. The third kappa shape index (κ3) is 3.88. The third-order valence-electron chi connectivity index (χ3n) is 7.05. The maximum absolute atomic E-state index is 13.1. The minimum atomic E-state index is -1.11. The van der Waals surface area contributed by atoms with E-state index in [0.717, 1.165) is 26.1 Å². The van der Waals surface area contributed by atoms with Crippen molar-refractivity contribution in [2.24, 2.45) is 11.8 Å². The molecule has 172 valence electrons. The molecule has 0 bridgehead atoms. The number of rotatable bonds is 5. The summed E-state index contributed by atoms with van der Waals surface area (Å²) in [6.45, 7) is 7.42. The van der Waals surface area contributed by atoms with Crippen molar-refractivity contribution in [1.29, 1.82) is 0 Å². The molecule has 2 amide bonds. The van der Waals surface area contributed by atoms with Crippen LogP contribution in [0.2, 0.25) is 0 Å². The van der Waals surface area contributed by atoms with Crippen LogP contribution in [-0.2, 0) is 14.4 Å². The minimum Gasteiger partial charge on any atom is -0.477 e. The molecular weight excluding hydrogens is 420 g/mol. The number of carboxylic acids is 1. The lowest BCUT2D eigenvalue weighted by molar-refractivity contribution is -0.163. The Morgan fingerprint density at radius 3 is 2.68 bits per heavy atom. The van der Waals surface area contributed by atoms with Crippen LogP contribution in [0.3, 0.4) is 0 Å². The maximum Gasteiger partial charge on any atom is 0.353 e. The van der Waals surface area contributed by atoms with Crippen LogP contribution < -0.4 is 5.32 Å². The first kappa shape index (κ1) is 22.6. The molecule has 3 N–H and O–H groups in total. The van der Waals surface area contributed by atoms with Gasteiger partial charge in [-0.1, -0.05) is 6.92 Å². The number of hydrogen-bond acceptors (Lipinski definition) is 7. The van der Waals surface area contributed by atoms with Crippen molar-refractivity contribution in [1.82, 2.24) is 20.0 Å². The number of β-lactam (4-membered cyclic amide) rings is 1. The van der Waals surface area contributed by atoms with Gasteiger partial charge in [0.25, 0.3) is 0 Å². The van der Waals surface area contributed by atoms with Gasteiger partial charge in [0.15, 0.2) is 0 Å². The molecule has 0 radical (unpaired) electrons. The Labute approximate surface area is 186 Å². The molecule has 4 aliphatic heterocycles. The molecule has 9 nitrogen and oxygen atoms in total. The van der Waals surface area contributed by atoms with Gasteiger partial charge < -0.3 is 25.3 Å². The summed E-state index contributed by atoms with van der Waals surface area (Å²) < 4.78 is 0. The highest BCUT2D eigenvalue weighted by atomic mass is 32.2. The van der Waals surface area contributed by atoms with Gasteiger partial charge in [0.05, 0.1) is 24.1 Å². The van der Waals surface area contributed by atoms with E-state index < -0.39 is 18.0 Å². The summed E-state index contributed by atoms with van der Waals surface area (Å²) in [5.74, 6) is -1.98. The molecule has 4 heterocycles. The Kier molecular flexibility index (Phi) is 6.35. The molecule has 0 aliphatic carbocycles. The monoisotopic (exact) mass is 452 g/mol. The largest absolute Gasteiger partial charge is 0.477 e. The maximum atomic E-state index is 13.1. The van der Waals surface area contributed by atoms with Gasteiger partial charge in [0.1, 0.15) is 5.70 Å². The van der Waals surface area contributed by atoms with Crippen LogP contribution in [-0.4, -0.2) is 106 Å². The number of aliphatic carboxylic acids is 1. The summed E-state index contributed by atoms with van der Waals surface area (Å²) in [4.78, 5) is 43.7. The van der Waals surface area contributed by atoms with Crippen molar-refractivity contribution >= 4 is 29.5 Å². The number of likely N-dealkylation sites (tertiary alicyclic amines) is 1. The Hall–Kier alpha value is -1.62. The number of nitrogens with one attached hydrogen (secondary N) is 1. The van der Waals surface area contributed by atoms with Crippen molar-refractivity contribution < 1.29 is 24.6 Å². The fraction of sp³-hybridized carbons (Fsp3) is 0.762. The molecule has 0 spiro atoms. The molecule has 31 heavy (non-hydrogen) atoms. The number of hydrogen-bond donors (Lipinski definition) is 3. The Bertz CT molecular complexity index is 795. The van der Waals surface area contributed by atoms with Crippen LogP contribution in [0.15, 0.2) is 10.6 Å². The van der Waals surface area contributed by atoms with E-state index in [9.17, 15) is 24.6 Å². The number of carbonyl (C=O) groups is 3. The molecule has 3 fully saturated rings. The molecular formula is C21H32N4O5S. The number of likely N-dealkylation sites (N-methyl/N-ethyl adjacent to an activating group) is 1. The zero-order chi connectivity index (χ0) is 22.4. The van der Waals surface area contributed by atoms with Gasteiger partial charge in [-0.05, 0) is 33.4 Å². The second-order valence-electron chi connectivity index (χ2n) is 9.13. The zero-order valence-electron chi connectivity index (χ0n) is 18.3. The van der Waals surface area contributed by atoms with E-state index in [1.54, 1.807) is 6.92 Å². The van der Waals surface area contributed by atoms with Crippen molar-refractivity contribution in [3.8, 4) is 0 Å². The predicted molar refractivity (Wildman–Crippen MR) is 116 cm³/mol. The summed E-state index contributed by atoms with van der Waals surface area (Å²) in [6, 6.07) is -0.507. The van der Waals surface area contributed by atoms with Gasteiger partial charge in [-0.25, -0.2) is 4.79 Å². The fourth-order valence-electron chi connectivity index (χ4n) is 5.46. The van der Waals surface area contributed by atoms with E-state index >= 15 is 0 Å². The number of amides is 2. The number of carboxylic acid groups (broad SMARTS) is 1. The Morgan fingerprint density at radius 2 is 2.00 bits per heavy atom. The number of nitrogens with zero attached hydrogens (tertiary/aromatic N) is 3. The average Bonchev–Trinajstić information content (AvgIpc) is 3.02. The average molecular weight is 453 g/mol. The highest BCUT2D eigenvalue weighted by molar-refractivity contribution is 8.03. The van der Waals surface area contributed by atoms with Crippen LogP contribution in [0.25, 0.3) is 0 Å². The molecule has 3 saturated heterocycles. The smallest absolute Gasteiger partial charge is 0.353 e. The van der Waals surface area contributed by atoms with E-state index in [1.807, 2.05) is 18.9 Å². The number of carbonyl (C=O) groups excluding carboxylic acids is 2. The predicted octanol–water partition coefficient (Wildman–Crippen LogP) is -0.232. The van der Waals surface area contributed by atoms with E-state index in [-0.39, 0.29) is 40.8 Å². The summed E-state index contributed by atoms with van der Waals surface area (Å²) in [5, 5.41) is 23.2. The van der Waals surface area contributed by atoms with Gasteiger partial charge >= 0.3 is 5.97 Å². The highest BCUT2D eigenvalue weighted by Gasteiger charge is 2.60. The Balaban J connectivity index is 1.48. The normalized spacial score (nSPS) is 35.1. The van der Waals surface area contributed by atoms with E-state index in [4.69, 9.17) is 0 Å². The summed E-state index contributed by atoms with van der Waals surface area (Å²) in [7, 11) is 1.95. The lowest BCUT2D eigenvalue weighted by Crippen LogP contribution is -2.63. The summed E-state index contributed by atoms with van der Waals surface area (Å²) in [6.07, 6.45) is 0.798. The first-order valence-electron chi connectivity index (χ1n) is 11.1. The summed E-state index contributed by atoms with van der Waals surface area (Å²) >= 11 is 1.50. The Morgan fingerprint density at radius 1 is 1.26 bits per heavy atom. The zero-order valence-corrected chi connectivity index (χ0v) is 19.1. The van der Waals surface area contributed by atoms with Gasteiger partial charge in [0.2, 0.25) is 11.8 Å². The number of fused-ring (bicyclic) bond motifs is 1. The molecule has 4 rings (SSSR count). The number of thioether (sulfide) groups is 1. The topological polar surface area (TPSA) is 113 Å². The van der Waals surface area contributed by atoms with Gasteiger partial charge in [-0.15, -0.1) is 11.8 Å². The standard InChI is InChI=1S/C21H32N4O5S/c1-11-16-15(12(2)26)20(28)25(16)17(21(29)30)18(11)31-13-9-14(23(3)10-13)19(27)24-7-4-5-22-6-8-24/h11-16,22,26H,4-10H2,1-3H3,(H,29,30)/t11?,12?,13?,14?,15?,16-/m0/s1. The summed E-state index contributed by atoms with van der Waals surface area (Å²) in [5.41, 5.74) is 0.0559. The fourth-order valence-corrected chi connectivity index (χ4v) is 7.06. The van der Waals surface area contributed by atoms with Gasteiger partial charge in [0, 0.05) is 42.3 Å². The molecule has 0 aromatic rings. The third-order valence-corrected chi connectivity index (χ3v) is 8.55. The van der Waals surface area contributed by atoms with E-state index in [2.05, 4.69) is 10.2 Å². The van der Waals surface area contributed by atoms with Crippen LogP contribution >= 0.6 is 11.8 Å². The van der Waals surface area contributed by atoms with Crippen LogP contribution in [0.4, 0.5) is 0 Å². The molecule has 5 unspecified atom stereocenters. The molecule has 4 aliphatic rings. The minimum absolute atomic E-state index is 0.0559. The number of aliphatic hydroxyl groups is 1. The molecule has 0 aromatic heterocycles. The second-order valence-corrected chi connectivity index (χ2v) is 10.5. The van der Waals surface area contributed by atoms with E-state index in [1.165, 1.54) is 16.7 Å². The van der Waals surface area contributed by atoms with Crippen LogP contribution in [0, 0.1) is 11.8 Å². The molecule has 0 aromatic carbocycles. The first-order valence-corrected chi connectivity index (χ1v) is 11.9. The molecule has 0 saturated carbocycles. The van der Waals surface area contributed by atoms with Crippen LogP contribution in [0.5, 0.6) is 0 Å². The highest BCUT2D eigenvalue weighted by Crippen LogP contribution is 2.52. The van der Waals surface area contributed by atoms with Crippen LogP contribution in [0.1, 0.15) is 26.7 Å². The quantitative estimate of drug-likeness (QED) is 0.490.